The summed E-state index contributed by atoms with van der Waals surface area (Å²) in [6.07, 6.45) is 0. The fourth-order valence-corrected chi connectivity index (χ4v) is 10.1. The van der Waals surface area contributed by atoms with Crippen LogP contribution >= 0.6 is 0 Å². The molecule has 2 atom stereocenters. The highest BCUT2D eigenvalue weighted by atomic mass is 16.5. The zero-order valence-corrected chi connectivity index (χ0v) is 33.7. The second-order valence-electron chi connectivity index (χ2n) is 16.5. The zero-order chi connectivity index (χ0) is 42.5. The molecule has 0 fully saturated rings. The van der Waals surface area contributed by atoms with Crippen LogP contribution in [0.2, 0.25) is 0 Å². The fraction of sp³-hybridized carbons (Fsp3) is 0.0345. The molecule has 298 valence electrons. The fourth-order valence-electron chi connectivity index (χ4n) is 10.1. The average molecular weight is 813 g/mol. The van der Waals surface area contributed by atoms with Crippen molar-refractivity contribution in [1.82, 2.24) is 0 Å². The molecule has 0 radical (unpaired) electrons. The lowest BCUT2D eigenvalue weighted by Crippen LogP contribution is -2.26. The number of carbonyl (C=O) groups excluding carboxylic acids is 2. The van der Waals surface area contributed by atoms with E-state index < -0.39 is 11.2 Å². The third-order valence-electron chi connectivity index (χ3n) is 13.1. The van der Waals surface area contributed by atoms with E-state index in [9.17, 15) is 19.8 Å². The normalized spacial score (nSPS) is 17.6. The molecule has 63 heavy (non-hydrogen) atoms. The molecule has 0 aliphatic heterocycles. The molecule has 2 N–H and O–H groups in total. The van der Waals surface area contributed by atoms with Crippen molar-refractivity contribution in [3.05, 3.63) is 251 Å². The summed E-state index contributed by atoms with van der Waals surface area (Å²) < 4.78 is 6.31. The van der Waals surface area contributed by atoms with E-state index in [1.165, 1.54) is 0 Å². The van der Waals surface area contributed by atoms with E-state index in [1.807, 2.05) is 121 Å². The minimum Gasteiger partial charge on any atom is -0.457 e. The van der Waals surface area contributed by atoms with Gasteiger partial charge < -0.3 is 14.9 Å². The standard InChI is InChI=1S/C46H30O3.C12H6O2/c47-45(41-15-7-5-13-37(41)39-25-29-9-1-3-11-31(29)27-43(39)45)33-17-21-35(22-18-33)49-36-23-19-34(20-24-36)46(48)42-16-8-6-14-38(42)40-26-30-10-2-4-12-32(30)28-44(40)46;13-11-8-5-1-3-7-4-2-6-9(10(7)8)12(11)14/h1-28,47-48H;1-6H. The van der Waals surface area contributed by atoms with Crippen molar-refractivity contribution < 1.29 is 24.5 Å². The highest BCUT2D eigenvalue weighted by Crippen LogP contribution is 2.54. The number of Topliss-reactive ketones (excluding diaryl/α,β-unsaturated/α-hetero) is 2. The number of benzene rings is 10. The van der Waals surface area contributed by atoms with Crippen molar-refractivity contribution in [2.24, 2.45) is 0 Å². The molecule has 0 bridgehead atoms. The van der Waals surface area contributed by atoms with E-state index in [0.717, 1.165) is 88.0 Å². The van der Waals surface area contributed by atoms with E-state index >= 15 is 0 Å². The van der Waals surface area contributed by atoms with Crippen LogP contribution in [-0.2, 0) is 11.2 Å². The maximum atomic E-state index is 12.5. The number of hydrogen-bond acceptors (Lipinski definition) is 5. The van der Waals surface area contributed by atoms with Gasteiger partial charge in [0, 0.05) is 38.8 Å². The number of hydrogen-bond donors (Lipinski definition) is 2. The summed E-state index contributed by atoms with van der Waals surface area (Å²) in [4.78, 5) is 23.1. The highest BCUT2D eigenvalue weighted by Gasteiger charge is 2.44. The molecule has 2 unspecified atom stereocenters. The molecule has 13 rings (SSSR count). The molecule has 10 aromatic rings. The lowest BCUT2D eigenvalue weighted by atomic mass is 9.83. The van der Waals surface area contributed by atoms with Gasteiger partial charge in [0.05, 0.1) is 0 Å². The van der Waals surface area contributed by atoms with Crippen LogP contribution in [0.4, 0.5) is 0 Å². The molecular formula is C58H36O5. The van der Waals surface area contributed by atoms with Crippen LogP contribution in [-0.4, -0.2) is 21.8 Å². The Morgan fingerprint density at radius 1 is 0.317 bits per heavy atom. The molecule has 0 heterocycles. The third kappa shape index (κ3) is 5.44. The summed E-state index contributed by atoms with van der Waals surface area (Å²) in [7, 11) is 0. The lowest BCUT2D eigenvalue weighted by molar-refractivity contribution is 0.0825. The van der Waals surface area contributed by atoms with Crippen molar-refractivity contribution in [3.63, 3.8) is 0 Å². The predicted molar refractivity (Wildman–Crippen MR) is 249 cm³/mol. The van der Waals surface area contributed by atoms with Crippen LogP contribution < -0.4 is 4.74 Å². The van der Waals surface area contributed by atoms with Gasteiger partial charge in [0.15, 0.2) is 0 Å². The molecule has 0 amide bonds. The van der Waals surface area contributed by atoms with E-state index in [4.69, 9.17) is 4.74 Å². The second-order valence-corrected chi connectivity index (χ2v) is 16.5. The van der Waals surface area contributed by atoms with E-state index in [1.54, 1.807) is 24.3 Å². The first-order valence-electron chi connectivity index (χ1n) is 21.0. The molecular weight excluding hydrogens is 777 g/mol. The summed E-state index contributed by atoms with van der Waals surface area (Å²) in [6, 6.07) is 67.7. The Balaban J connectivity index is 0.000000254. The van der Waals surface area contributed by atoms with Gasteiger partial charge >= 0.3 is 0 Å². The van der Waals surface area contributed by atoms with Crippen molar-refractivity contribution >= 4 is 43.9 Å². The molecule has 3 aliphatic rings. The quantitative estimate of drug-likeness (QED) is 0.173. The monoisotopic (exact) mass is 812 g/mol. The number of fused-ring (bicyclic) bond motifs is 8. The summed E-state index contributed by atoms with van der Waals surface area (Å²) in [5.41, 5.74) is 7.82. The predicted octanol–water partition coefficient (Wildman–Crippen LogP) is 12.5. The minimum absolute atomic E-state index is 0.378. The number of rotatable bonds is 4. The number of ether oxygens (including phenoxy) is 1. The van der Waals surface area contributed by atoms with Gasteiger partial charge in [-0.15, -0.1) is 0 Å². The minimum atomic E-state index is -1.29. The Labute approximate surface area is 362 Å². The molecule has 0 saturated carbocycles. The number of ketones is 2. The molecule has 0 aromatic heterocycles. The summed E-state index contributed by atoms with van der Waals surface area (Å²) in [5, 5.41) is 31.3. The SMILES string of the molecule is O=C1C(=O)c2cccc3cccc1c23.OC1(c2ccc(Oc3ccc(C4(O)c5ccccc5-c5cc6ccccc6cc54)cc3)cc2)c2ccccc2-c2cc3ccccc3cc21. The molecule has 10 aromatic carbocycles. The summed E-state index contributed by atoms with van der Waals surface area (Å²) in [5.74, 6) is 0.562. The Kier molecular flexibility index (Phi) is 8.06. The lowest BCUT2D eigenvalue weighted by Gasteiger charge is -2.27. The van der Waals surface area contributed by atoms with Gasteiger partial charge in [0.1, 0.15) is 22.7 Å². The maximum Gasteiger partial charge on any atom is 0.234 e. The number of aliphatic hydroxyl groups is 2. The first-order chi connectivity index (χ1) is 30.8. The molecule has 0 spiro atoms. The molecule has 3 aliphatic carbocycles. The first-order valence-corrected chi connectivity index (χ1v) is 21.0. The van der Waals surface area contributed by atoms with E-state index in [0.29, 0.717) is 22.6 Å². The van der Waals surface area contributed by atoms with Crippen molar-refractivity contribution in [2.75, 3.05) is 0 Å². The summed E-state index contributed by atoms with van der Waals surface area (Å²) in [6.45, 7) is 0. The molecule has 5 nitrogen and oxygen atoms in total. The van der Waals surface area contributed by atoms with Crippen LogP contribution in [0.15, 0.2) is 206 Å². The van der Waals surface area contributed by atoms with Crippen LogP contribution in [0.5, 0.6) is 11.5 Å². The van der Waals surface area contributed by atoms with Gasteiger partial charge in [-0.1, -0.05) is 158 Å². The van der Waals surface area contributed by atoms with Crippen LogP contribution in [0.25, 0.3) is 54.6 Å². The van der Waals surface area contributed by atoms with Gasteiger partial charge in [-0.2, -0.15) is 0 Å². The van der Waals surface area contributed by atoms with Gasteiger partial charge in [-0.25, -0.2) is 0 Å². The Hall–Kier alpha value is -7.96. The second kappa shape index (κ2) is 13.8. The third-order valence-corrected chi connectivity index (χ3v) is 13.1. The Morgan fingerprint density at radius 2 is 0.667 bits per heavy atom. The molecule has 5 heteroatoms. The average Bonchev–Trinajstić information content (AvgIpc) is 3.85. The zero-order valence-electron chi connectivity index (χ0n) is 33.7. The van der Waals surface area contributed by atoms with Crippen molar-refractivity contribution in [2.45, 2.75) is 11.2 Å². The van der Waals surface area contributed by atoms with Crippen LogP contribution in [0.1, 0.15) is 54.1 Å². The van der Waals surface area contributed by atoms with E-state index in [-0.39, 0.29) is 11.6 Å². The van der Waals surface area contributed by atoms with Crippen LogP contribution in [0, 0.1) is 0 Å². The Morgan fingerprint density at radius 3 is 1.10 bits per heavy atom. The smallest absolute Gasteiger partial charge is 0.234 e. The van der Waals surface area contributed by atoms with Crippen molar-refractivity contribution in [1.29, 1.82) is 0 Å². The molecule has 0 saturated heterocycles. The van der Waals surface area contributed by atoms with Gasteiger partial charge in [0.25, 0.3) is 0 Å². The van der Waals surface area contributed by atoms with Crippen molar-refractivity contribution in [3.8, 4) is 33.8 Å². The maximum absolute atomic E-state index is 12.5. The highest BCUT2D eigenvalue weighted by molar-refractivity contribution is 6.57. The van der Waals surface area contributed by atoms with Gasteiger partial charge in [-0.3, -0.25) is 9.59 Å². The van der Waals surface area contributed by atoms with Crippen LogP contribution in [0.3, 0.4) is 0 Å². The Bertz CT molecular complexity index is 3320. The number of carbonyl (C=O) groups is 2. The topological polar surface area (TPSA) is 83.8 Å². The first kappa shape index (κ1) is 36.9. The van der Waals surface area contributed by atoms with E-state index in [2.05, 4.69) is 60.7 Å². The summed E-state index contributed by atoms with van der Waals surface area (Å²) >= 11 is 0. The van der Waals surface area contributed by atoms with Gasteiger partial charge in [0.2, 0.25) is 11.6 Å². The van der Waals surface area contributed by atoms with Gasteiger partial charge in [-0.05, 0) is 109 Å². The largest absolute Gasteiger partial charge is 0.457 e.